The molecular weight excluding hydrogens is 350 g/mol. The number of hydrogen-bond donors (Lipinski definition) is 0. The van der Waals surface area contributed by atoms with Gasteiger partial charge in [0.15, 0.2) is 5.78 Å². The number of hydrogen-bond acceptors (Lipinski definition) is 2. The van der Waals surface area contributed by atoms with Gasteiger partial charge in [-0.05, 0) is 53.1 Å². The Bertz CT molecular complexity index is 742. The first-order valence-corrected chi connectivity index (χ1v) is 8.17. The van der Waals surface area contributed by atoms with Crippen LogP contribution in [0.4, 0.5) is 0 Å². The van der Waals surface area contributed by atoms with Crippen LogP contribution in [0.2, 0.25) is 0 Å². The number of carbonyl (C=O) groups is 1. The van der Waals surface area contributed by atoms with Crippen LogP contribution in [0.5, 0.6) is 0 Å². The fraction of sp³-hybridized carbons (Fsp3) is 0.0500. The molecule has 2 nitrogen and oxygen atoms in total. The van der Waals surface area contributed by atoms with Crippen molar-refractivity contribution in [2.45, 2.75) is 6.54 Å². The summed E-state index contributed by atoms with van der Waals surface area (Å²) in [6.45, 7) is 0.849. The van der Waals surface area contributed by atoms with Crippen molar-refractivity contribution < 1.29 is 4.79 Å². The number of benzene rings is 1. The zero-order valence-corrected chi connectivity index (χ0v) is 14.1. The summed E-state index contributed by atoms with van der Waals surface area (Å²) in [5, 5.41) is 0. The fourth-order valence-electron chi connectivity index (χ4n) is 2.26. The average molecular weight is 366 g/mol. The molecule has 1 aromatic carbocycles. The maximum absolute atomic E-state index is 11.1. The first kappa shape index (κ1) is 15.5. The van der Waals surface area contributed by atoms with Crippen molar-refractivity contribution in [2.24, 2.45) is 0 Å². The molecule has 23 heavy (non-hydrogen) atoms. The second kappa shape index (κ2) is 7.25. The number of ketones is 1. The highest BCUT2D eigenvalue weighted by Crippen LogP contribution is 2.16. The van der Waals surface area contributed by atoms with Crippen LogP contribution in [0.3, 0.4) is 0 Å². The van der Waals surface area contributed by atoms with Crippen LogP contribution in [0, 0.1) is 0 Å². The lowest BCUT2D eigenvalue weighted by molar-refractivity contribution is -0.110. The number of allylic oxidation sites excluding steroid dienone is 10. The lowest BCUT2D eigenvalue weighted by Gasteiger charge is -2.18. The van der Waals surface area contributed by atoms with E-state index in [4.69, 9.17) is 0 Å². The summed E-state index contributed by atoms with van der Waals surface area (Å²) in [4.78, 5) is 13.2. The van der Waals surface area contributed by atoms with E-state index in [0.717, 1.165) is 22.2 Å². The largest absolute Gasteiger partial charge is 0.350 e. The molecular formula is C20H16BrNO. The summed E-state index contributed by atoms with van der Waals surface area (Å²) in [7, 11) is 0. The van der Waals surface area contributed by atoms with Gasteiger partial charge in [0.05, 0.1) is 0 Å². The van der Waals surface area contributed by atoms with Gasteiger partial charge in [-0.3, -0.25) is 4.79 Å². The van der Waals surface area contributed by atoms with Gasteiger partial charge >= 0.3 is 0 Å². The average Bonchev–Trinajstić information content (AvgIpc) is 2.58. The molecule has 3 heteroatoms. The van der Waals surface area contributed by atoms with Crippen LogP contribution < -0.4 is 0 Å². The highest BCUT2D eigenvalue weighted by atomic mass is 79.9. The Kier molecular flexibility index (Phi) is 4.89. The fourth-order valence-corrected chi connectivity index (χ4v) is 2.52. The van der Waals surface area contributed by atoms with Gasteiger partial charge in [0.1, 0.15) is 0 Å². The predicted octanol–water partition coefficient (Wildman–Crippen LogP) is 4.84. The van der Waals surface area contributed by atoms with Crippen molar-refractivity contribution in [3.8, 4) is 0 Å². The van der Waals surface area contributed by atoms with Gasteiger partial charge in [-0.2, -0.15) is 0 Å². The Balaban J connectivity index is 1.61. The quantitative estimate of drug-likeness (QED) is 0.763. The van der Waals surface area contributed by atoms with Gasteiger partial charge in [-0.1, -0.05) is 52.4 Å². The molecule has 1 aromatic rings. The highest BCUT2D eigenvalue weighted by Gasteiger charge is 2.02. The second-order valence-electron chi connectivity index (χ2n) is 5.33. The van der Waals surface area contributed by atoms with E-state index in [9.17, 15) is 4.79 Å². The van der Waals surface area contributed by atoms with E-state index < -0.39 is 0 Å². The molecule has 0 atom stereocenters. The summed E-state index contributed by atoms with van der Waals surface area (Å²) in [5.41, 5.74) is 3.42. The molecule has 114 valence electrons. The van der Waals surface area contributed by atoms with E-state index >= 15 is 0 Å². The van der Waals surface area contributed by atoms with Crippen LogP contribution in [0.1, 0.15) is 5.56 Å². The van der Waals surface area contributed by atoms with Crippen molar-refractivity contribution in [3.63, 3.8) is 0 Å². The summed E-state index contributed by atoms with van der Waals surface area (Å²) >= 11 is 3.45. The van der Waals surface area contributed by atoms with E-state index in [0.29, 0.717) is 0 Å². The molecule has 0 unspecified atom stereocenters. The first-order chi connectivity index (χ1) is 11.2. The Morgan fingerprint density at radius 1 is 0.826 bits per heavy atom. The van der Waals surface area contributed by atoms with Crippen molar-refractivity contribution in [2.75, 3.05) is 0 Å². The summed E-state index contributed by atoms with van der Waals surface area (Å²) in [6, 6.07) is 8.34. The van der Waals surface area contributed by atoms with Gasteiger partial charge in [0, 0.05) is 23.4 Å². The van der Waals surface area contributed by atoms with Crippen molar-refractivity contribution in [1.82, 2.24) is 4.90 Å². The van der Waals surface area contributed by atoms with Gasteiger partial charge in [0.2, 0.25) is 0 Å². The molecule has 1 aliphatic heterocycles. The molecule has 0 saturated heterocycles. The maximum atomic E-state index is 11.1. The van der Waals surface area contributed by atoms with E-state index in [-0.39, 0.29) is 5.78 Å². The Hall–Kier alpha value is -2.39. The maximum Gasteiger partial charge on any atom is 0.178 e. The standard InChI is InChI=1S/C20H16BrNO/c21-19-7-3-18(4-8-19)15-22-13-11-17(12-14-22)2-1-16-5-9-20(23)10-6-16/h1-14H,15H2. The lowest BCUT2D eigenvalue weighted by atomic mass is 10.1. The van der Waals surface area contributed by atoms with Crippen LogP contribution in [-0.4, -0.2) is 10.7 Å². The lowest BCUT2D eigenvalue weighted by Crippen LogP contribution is -2.11. The third-order valence-corrected chi connectivity index (χ3v) is 4.07. The number of carbonyl (C=O) groups excluding carboxylic acids is 1. The van der Waals surface area contributed by atoms with Crippen molar-refractivity contribution >= 4 is 21.7 Å². The highest BCUT2D eigenvalue weighted by molar-refractivity contribution is 9.10. The number of rotatable bonds is 3. The number of halogens is 1. The summed E-state index contributed by atoms with van der Waals surface area (Å²) in [6.07, 6.45) is 19.2. The monoisotopic (exact) mass is 365 g/mol. The van der Waals surface area contributed by atoms with E-state index in [2.05, 4.69) is 69.6 Å². The Labute approximate surface area is 144 Å². The van der Waals surface area contributed by atoms with Crippen molar-refractivity contribution in [3.05, 3.63) is 106 Å². The molecule has 2 aliphatic rings. The molecule has 0 radical (unpaired) electrons. The molecule has 0 amide bonds. The van der Waals surface area contributed by atoms with Crippen LogP contribution in [-0.2, 0) is 11.3 Å². The van der Waals surface area contributed by atoms with Crippen LogP contribution >= 0.6 is 15.9 Å². The molecule has 3 rings (SSSR count). The van der Waals surface area contributed by atoms with Crippen LogP contribution in [0.15, 0.2) is 101 Å². The van der Waals surface area contributed by atoms with Crippen LogP contribution in [0.25, 0.3) is 0 Å². The summed E-state index contributed by atoms with van der Waals surface area (Å²) in [5.74, 6) is 0.0378. The smallest absolute Gasteiger partial charge is 0.178 e. The third kappa shape index (κ3) is 4.54. The molecule has 1 heterocycles. The molecule has 0 bridgehead atoms. The topological polar surface area (TPSA) is 20.3 Å². The van der Waals surface area contributed by atoms with E-state index in [1.807, 2.05) is 24.3 Å². The van der Waals surface area contributed by atoms with Gasteiger partial charge in [0.25, 0.3) is 0 Å². The SMILES string of the molecule is O=C1C=CC(=CC=C2C=CN(Cc3ccc(Br)cc3)C=C2)C=C1. The zero-order chi connectivity index (χ0) is 16.1. The van der Waals surface area contributed by atoms with Crippen molar-refractivity contribution in [1.29, 1.82) is 0 Å². The van der Waals surface area contributed by atoms with E-state index in [1.54, 1.807) is 12.2 Å². The molecule has 0 aromatic heterocycles. The minimum Gasteiger partial charge on any atom is -0.350 e. The van der Waals surface area contributed by atoms with Gasteiger partial charge < -0.3 is 4.90 Å². The second-order valence-corrected chi connectivity index (χ2v) is 6.25. The molecule has 0 spiro atoms. The first-order valence-electron chi connectivity index (χ1n) is 7.38. The number of nitrogens with zero attached hydrogens (tertiary/aromatic N) is 1. The minimum atomic E-state index is 0.0378. The summed E-state index contributed by atoms with van der Waals surface area (Å²) < 4.78 is 1.09. The molecule has 0 saturated carbocycles. The van der Waals surface area contributed by atoms with E-state index in [1.165, 1.54) is 5.56 Å². The molecule has 0 fully saturated rings. The van der Waals surface area contributed by atoms with Gasteiger partial charge in [-0.15, -0.1) is 0 Å². The molecule has 1 aliphatic carbocycles. The normalized spacial score (nSPS) is 16.2. The predicted molar refractivity (Wildman–Crippen MR) is 97.4 cm³/mol. The Morgan fingerprint density at radius 2 is 1.39 bits per heavy atom. The molecule has 0 N–H and O–H groups in total. The third-order valence-electron chi connectivity index (χ3n) is 3.54. The zero-order valence-electron chi connectivity index (χ0n) is 12.5. The van der Waals surface area contributed by atoms with Gasteiger partial charge in [-0.25, -0.2) is 0 Å². The minimum absolute atomic E-state index is 0.0378. The Morgan fingerprint density at radius 3 is 2.00 bits per heavy atom.